The minimum atomic E-state index is -0.532. The maximum Gasteiger partial charge on any atom is 0.136 e. The Morgan fingerprint density at radius 2 is 1.78 bits per heavy atom. The van der Waals surface area contributed by atoms with Gasteiger partial charge in [0.1, 0.15) is 11.6 Å². The van der Waals surface area contributed by atoms with Crippen LogP contribution in [-0.4, -0.2) is 0 Å². The Morgan fingerprint density at radius 1 is 1.00 bits per heavy atom. The van der Waals surface area contributed by atoms with Gasteiger partial charge in [0.15, 0.2) is 0 Å². The molecule has 0 atom stereocenters. The quantitative estimate of drug-likeness (QED) is 0.781. The molecule has 0 saturated heterocycles. The van der Waals surface area contributed by atoms with Gasteiger partial charge in [-0.25, -0.2) is 8.78 Å². The van der Waals surface area contributed by atoms with Crippen molar-refractivity contribution in [2.24, 2.45) is 0 Å². The van der Waals surface area contributed by atoms with Gasteiger partial charge >= 0.3 is 0 Å². The molecule has 0 aliphatic heterocycles. The van der Waals surface area contributed by atoms with Gasteiger partial charge < -0.3 is 4.98 Å². The summed E-state index contributed by atoms with van der Waals surface area (Å²) in [4.78, 5) is 4.05. The van der Waals surface area contributed by atoms with E-state index in [0.717, 1.165) is 0 Å². The van der Waals surface area contributed by atoms with Crippen LogP contribution in [0.3, 0.4) is 0 Å². The van der Waals surface area contributed by atoms with Gasteiger partial charge in [-0.05, 0) is 11.6 Å². The highest BCUT2D eigenvalue weighted by molar-refractivity contribution is 5.62. The Bertz CT molecular complexity index is 612. The van der Waals surface area contributed by atoms with Gasteiger partial charge in [0, 0.05) is 11.5 Å². The van der Waals surface area contributed by atoms with Crippen LogP contribution in [0.5, 0.6) is 0 Å². The molecule has 1 aliphatic rings. The molecule has 1 aliphatic carbocycles. The summed E-state index contributed by atoms with van der Waals surface area (Å²) in [5.74, 6) is -1.39. The molecule has 2 aromatic rings. The lowest BCUT2D eigenvalue weighted by Crippen LogP contribution is -2.01. The molecule has 3 rings (SSSR count). The van der Waals surface area contributed by atoms with E-state index in [9.17, 15) is 8.78 Å². The monoisotopic (exact) mass is 242 g/mol. The Labute approximate surface area is 103 Å². The number of benzene rings is 1. The van der Waals surface area contributed by atoms with Gasteiger partial charge in [-0.15, -0.1) is 5.69 Å². The van der Waals surface area contributed by atoms with Crippen LogP contribution in [0, 0.1) is 11.6 Å². The average Bonchev–Trinajstić information content (AvgIpc) is 3.01. The molecule has 0 radical (unpaired) electrons. The van der Waals surface area contributed by atoms with Crippen molar-refractivity contribution in [2.45, 2.75) is 5.92 Å². The van der Waals surface area contributed by atoms with E-state index in [-0.39, 0.29) is 11.5 Å². The van der Waals surface area contributed by atoms with Crippen LogP contribution in [0.4, 0.5) is 8.78 Å². The predicted molar refractivity (Wildman–Crippen MR) is 66.1 cm³/mol. The molecule has 90 valence electrons. The molecule has 1 aromatic carbocycles. The summed E-state index contributed by atoms with van der Waals surface area (Å²) in [6.07, 6.45) is 8.70. The average molecular weight is 242 g/mol. The smallest absolute Gasteiger partial charge is 0.136 e. The first-order chi connectivity index (χ1) is 8.77. The molecule has 18 heavy (non-hydrogen) atoms. The molecule has 1 aromatic heterocycles. The maximum atomic E-state index is 14.4. The Balaban J connectivity index is 2.17. The SMILES string of the molecule is Fc1ccc(-c2ccc[n-]2)c(F)c1C1C=CC=C1. The van der Waals surface area contributed by atoms with Crippen LogP contribution in [-0.2, 0) is 0 Å². The highest BCUT2D eigenvalue weighted by Gasteiger charge is 2.19. The van der Waals surface area contributed by atoms with E-state index in [1.54, 1.807) is 42.6 Å². The molecule has 0 spiro atoms. The molecule has 0 amide bonds. The fourth-order valence-electron chi connectivity index (χ4n) is 2.16. The summed E-state index contributed by atoms with van der Waals surface area (Å²) in [6.45, 7) is 0. The van der Waals surface area contributed by atoms with Gasteiger partial charge in [0.05, 0.1) is 0 Å². The summed E-state index contributed by atoms with van der Waals surface area (Å²) < 4.78 is 28.2. The molecule has 0 N–H and O–H groups in total. The van der Waals surface area contributed by atoms with Crippen LogP contribution in [0.1, 0.15) is 11.5 Å². The Kier molecular flexibility index (Phi) is 2.59. The molecule has 3 heteroatoms. The van der Waals surface area contributed by atoms with E-state index >= 15 is 0 Å². The number of halogens is 2. The van der Waals surface area contributed by atoms with Crippen LogP contribution in [0.2, 0.25) is 0 Å². The zero-order valence-corrected chi connectivity index (χ0v) is 9.48. The van der Waals surface area contributed by atoms with Crippen molar-refractivity contribution in [3.63, 3.8) is 0 Å². The van der Waals surface area contributed by atoms with Gasteiger partial charge in [-0.1, -0.05) is 42.5 Å². The Morgan fingerprint density at radius 3 is 2.44 bits per heavy atom. The van der Waals surface area contributed by atoms with Crippen molar-refractivity contribution in [3.05, 3.63) is 72.0 Å². The molecule has 0 bridgehead atoms. The molecular weight excluding hydrogens is 232 g/mol. The predicted octanol–water partition coefficient (Wildman–Crippen LogP) is 3.80. The fourth-order valence-corrected chi connectivity index (χ4v) is 2.16. The van der Waals surface area contributed by atoms with E-state index < -0.39 is 11.6 Å². The largest absolute Gasteiger partial charge is 0.664 e. The molecule has 0 saturated carbocycles. The standard InChI is InChI=1S/C15H10F2N/c16-12-8-7-11(13-6-3-9-18-13)15(17)14(12)10-4-1-2-5-10/h1-10H/q-1. The summed E-state index contributed by atoms with van der Waals surface area (Å²) in [5, 5.41) is 0. The topological polar surface area (TPSA) is 14.1 Å². The second-order valence-electron chi connectivity index (χ2n) is 4.14. The highest BCUT2D eigenvalue weighted by Crippen LogP contribution is 2.32. The number of aromatic nitrogens is 1. The summed E-state index contributed by atoms with van der Waals surface area (Å²) in [5.41, 5.74) is 0.949. The number of hydrogen-bond donors (Lipinski definition) is 0. The van der Waals surface area contributed by atoms with Crippen molar-refractivity contribution >= 4 is 0 Å². The summed E-state index contributed by atoms with van der Waals surface area (Å²) >= 11 is 0. The van der Waals surface area contributed by atoms with Crippen molar-refractivity contribution in [1.82, 2.24) is 4.98 Å². The summed E-state index contributed by atoms with van der Waals surface area (Å²) in [7, 11) is 0. The maximum absolute atomic E-state index is 14.4. The highest BCUT2D eigenvalue weighted by atomic mass is 19.1. The van der Waals surface area contributed by atoms with E-state index in [4.69, 9.17) is 0 Å². The van der Waals surface area contributed by atoms with E-state index in [2.05, 4.69) is 4.98 Å². The zero-order chi connectivity index (χ0) is 12.5. The fraction of sp³-hybridized carbons (Fsp3) is 0.0667. The molecule has 0 fully saturated rings. The minimum absolute atomic E-state index is 0.0838. The van der Waals surface area contributed by atoms with E-state index in [0.29, 0.717) is 11.3 Å². The van der Waals surface area contributed by atoms with Crippen LogP contribution < -0.4 is 4.98 Å². The van der Waals surface area contributed by atoms with Crippen LogP contribution in [0.25, 0.3) is 11.3 Å². The molecule has 0 unspecified atom stereocenters. The number of hydrogen-bond acceptors (Lipinski definition) is 0. The number of nitrogens with zero attached hydrogens (tertiary/aromatic N) is 1. The normalized spacial score (nSPS) is 14.6. The third-order valence-corrected chi connectivity index (χ3v) is 3.04. The lowest BCUT2D eigenvalue weighted by atomic mass is 9.96. The minimum Gasteiger partial charge on any atom is -0.664 e. The van der Waals surface area contributed by atoms with Crippen molar-refractivity contribution < 1.29 is 8.78 Å². The molecular formula is C15H10F2N-. The van der Waals surface area contributed by atoms with Crippen molar-refractivity contribution in [3.8, 4) is 11.3 Å². The molecule has 1 nitrogen and oxygen atoms in total. The van der Waals surface area contributed by atoms with Gasteiger partial charge in [0.2, 0.25) is 0 Å². The molecule has 1 heterocycles. The van der Waals surface area contributed by atoms with Gasteiger partial charge in [-0.2, -0.15) is 6.20 Å². The third-order valence-electron chi connectivity index (χ3n) is 3.04. The second kappa shape index (κ2) is 4.26. The van der Waals surface area contributed by atoms with Gasteiger partial charge in [-0.3, -0.25) is 0 Å². The number of allylic oxidation sites excluding steroid dienone is 4. The van der Waals surface area contributed by atoms with E-state index in [1.165, 1.54) is 12.1 Å². The summed E-state index contributed by atoms with van der Waals surface area (Å²) in [6, 6.07) is 6.16. The van der Waals surface area contributed by atoms with Gasteiger partial charge in [0.25, 0.3) is 0 Å². The first-order valence-electron chi connectivity index (χ1n) is 5.68. The zero-order valence-electron chi connectivity index (χ0n) is 9.48. The lowest BCUT2D eigenvalue weighted by Gasteiger charge is -2.15. The van der Waals surface area contributed by atoms with Crippen LogP contribution in [0.15, 0.2) is 54.8 Å². The first kappa shape index (κ1) is 11.0. The third kappa shape index (κ3) is 1.68. The van der Waals surface area contributed by atoms with E-state index in [1.807, 2.05) is 0 Å². The van der Waals surface area contributed by atoms with Crippen LogP contribution >= 0.6 is 0 Å². The first-order valence-corrected chi connectivity index (χ1v) is 5.68. The second-order valence-corrected chi connectivity index (χ2v) is 4.14. The Hall–Kier alpha value is -2.16. The van der Waals surface area contributed by atoms with Crippen molar-refractivity contribution in [1.29, 1.82) is 0 Å². The van der Waals surface area contributed by atoms with Crippen molar-refractivity contribution in [2.75, 3.05) is 0 Å². The number of rotatable bonds is 2. The lowest BCUT2D eigenvalue weighted by molar-refractivity contribution is 0.558.